The molecule has 104 valence electrons. The maximum Gasteiger partial charge on any atom is 0.237 e. The third-order valence-electron chi connectivity index (χ3n) is 3.20. The molecule has 1 heterocycles. The normalized spacial score (nSPS) is 24.2. The Morgan fingerprint density at radius 2 is 2.16 bits per heavy atom. The first-order chi connectivity index (χ1) is 9.10. The van der Waals surface area contributed by atoms with Crippen LogP contribution < -0.4 is 10.6 Å². The first-order valence-electron chi connectivity index (χ1n) is 6.18. The van der Waals surface area contributed by atoms with Crippen LogP contribution in [0.15, 0.2) is 24.3 Å². The molecular formula is C13H17FN2O3. The van der Waals surface area contributed by atoms with E-state index in [0.717, 1.165) is 0 Å². The fourth-order valence-corrected chi connectivity index (χ4v) is 2.12. The molecule has 19 heavy (non-hydrogen) atoms. The number of nitrogens with one attached hydrogen (secondary N) is 2. The summed E-state index contributed by atoms with van der Waals surface area (Å²) in [4.78, 5) is 11.9. The van der Waals surface area contributed by atoms with Gasteiger partial charge in [-0.2, -0.15) is 0 Å². The summed E-state index contributed by atoms with van der Waals surface area (Å²) in [6, 6.07) is 4.57. The highest BCUT2D eigenvalue weighted by atomic mass is 19.1. The molecule has 0 unspecified atom stereocenters. The predicted octanol–water partition coefficient (Wildman–Crippen LogP) is -0.302. The first-order valence-corrected chi connectivity index (χ1v) is 6.18. The number of hydrogen-bond acceptors (Lipinski definition) is 4. The van der Waals surface area contributed by atoms with Crippen LogP contribution in [0.1, 0.15) is 18.0 Å². The van der Waals surface area contributed by atoms with Crippen molar-refractivity contribution in [1.29, 1.82) is 0 Å². The van der Waals surface area contributed by atoms with Crippen LogP contribution in [-0.4, -0.2) is 41.4 Å². The summed E-state index contributed by atoms with van der Waals surface area (Å²) < 4.78 is 12.8. The molecule has 3 atom stereocenters. The van der Waals surface area contributed by atoms with E-state index in [1.165, 1.54) is 24.3 Å². The highest BCUT2D eigenvalue weighted by Gasteiger charge is 2.29. The van der Waals surface area contributed by atoms with Crippen molar-refractivity contribution in [3.8, 4) is 0 Å². The fourth-order valence-electron chi connectivity index (χ4n) is 2.12. The van der Waals surface area contributed by atoms with Gasteiger partial charge in [0.2, 0.25) is 5.91 Å². The quantitative estimate of drug-likeness (QED) is 0.604. The van der Waals surface area contributed by atoms with Crippen LogP contribution in [0.25, 0.3) is 0 Å². The van der Waals surface area contributed by atoms with E-state index in [9.17, 15) is 19.4 Å². The van der Waals surface area contributed by atoms with Gasteiger partial charge < -0.3 is 20.8 Å². The number of aliphatic hydroxyl groups is 2. The monoisotopic (exact) mass is 268 g/mol. The zero-order valence-corrected chi connectivity index (χ0v) is 10.3. The van der Waals surface area contributed by atoms with Gasteiger partial charge in [0.15, 0.2) is 0 Å². The highest BCUT2D eigenvalue weighted by Crippen LogP contribution is 2.14. The van der Waals surface area contributed by atoms with Crippen molar-refractivity contribution in [3.05, 3.63) is 35.6 Å². The van der Waals surface area contributed by atoms with Crippen molar-refractivity contribution >= 4 is 5.91 Å². The number of amides is 1. The summed E-state index contributed by atoms with van der Waals surface area (Å²) >= 11 is 0. The Labute approximate surface area is 110 Å². The number of β-amino-alcohol motifs (C(OH)–C–C–N with tert-alkyl or cyclic N) is 1. The van der Waals surface area contributed by atoms with Crippen molar-refractivity contribution < 1.29 is 19.4 Å². The second-order valence-electron chi connectivity index (χ2n) is 4.65. The molecule has 1 amide bonds. The molecule has 1 aliphatic heterocycles. The minimum absolute atomic E-state index is 0.271. The molecule has 0 aliphatic carbocycles. The lowest BCUT2D eigenvalue weighted by Crippen LogP contribution is -2.42. The summed E-state index contributed by atoms with van der Waals surface area (Å²) in [5.41, 5.74) is 0.635. The number of benzene rings is 1. The van der Waals surface area contributed by atoms with Gasteiger partial charge in [-0.1, -0.05) is 12.1 Å². The van der Waals surface area contributed by atoms with E-state index in [0.29, 0.717) is 18.5 Å². The average Bonchev–Trinajstić information content (AvgIpc) is 2.84. The average molecular weight is 268 g/mol. The van der Waals surface area contributed by atoms with Gasteiger partial charge in [0.25, 0.3) is 0 Å². The van der Waals surface area contributed by atoms with E-state index in [1.807, 2.05) is 0 Å². The van der Waals surface area contributed by atoms with Crippen LogP contribution in [0, 0.1) is 5.82 Å². The van der Waals surface area contributed by atoms with Crippen molar-refractivity contribution in [2.45, 2.75) is 24.6 Å². The Morgan fingerprint density at radius 1 is 1.47 bits per heavy atom. The molecule has 0 saturated carbocycles. The van der Waals surface area contributed by atoms with Gasteiger partial charge in [0.1, 0.15) is 5.82 Å². The Hall–Kier alpha value is -1.50. The van der Waals surface area contributed by atoms with Crippen LogP contribution in [0.4, 0.5) is 4.39 Å². The summed E-state index contributed by atoms with van der Waals surface area (Å²) in [7, 11) is 0. The van der Waals surface area contributed by atoms with Crippen molar-refractivity contribution in [2.75, 3.05) is 13.2 Å². The van der Waals surface area contributed by atoms with Crippen molar-refractivity contribution in [3.63, 3.8) is 0 Å². The number of hydrogen-bond donors (Lipinski definition) is 4. The number of carbonyl (C=O) groups excluding carboxylic acids is 1. The third-order valence-corrected chi connectivity index (χ3v) is 3.20. The number of rotatable bonds is 4. The molecule has 0 radical (unpaired) electrons. The van der Waals surface area contributed by atoms with Crippen LogP contribution >= 0.6 is 0 Å². The molecule has 1 aromatic rings. The van der Waals surface area contributed by atoms with Gasteiger partial charge in [-0.25, -0.2) is 4.39 Å². The highest BCUT2D eigenvalue weighted by molar-refractivity contribution is 5.82. The molecule has 0 spiro atoms. The zero-order valence-electron chi connectivity index (χ0n) is 10.3. The summed E-state index contributed by atoms with van der Waals surface area (Å²) in [5, 5.41) is 24.2. The molecule has 1 fully saturated rings. The van der Waals surface area contributed by atoms with E-state index in [2.05, 4.69) is 10.6 Å². The van der Waals surface area contributed by atoms with Crippen LogP contribution in [0.5, 0.6) is 0 Å². The topological polar surface area (TPSA) is 81.6 Å². The molecule has 2 rings (SSSR count). The lowest BCUT2D eigenvalue weighted by Gasteiger charge is -2.19. The van der Waals surface area contributed by atoms with Gasteiger partial charge in [0.05, 0.1) is 24.8 Å². The van der Waals surface area contributed by atoms with Crippen molar-refractivity contribution in [2.24, 2.45) is 0 Å². The molecule has 6 heteroatoms. The standard InChI is InChI=1S/C13H17FN2O3/c14-9-3-1-8(2-4-9)12(7-17)16-13(19)11-5-10(18)6-15-11/h1-4,10-12,15,17-18H,5-7H2,(H,16,19)/t10-,11+,12+/m1/s1. The predicted molar refractivity (Wildman–Crippen MR) is 66.8 cm³/mol. The molecule has 5 nitrogen and oxygen atoms in total. The number of halogens is 1. The number of aliphatic hydroxyl groups excluding tert-OH is 2. The molecular weight excluding hydrogens is 251 g/mol. The Balaban J connectivity index is 1.99. The summed E-state index contributed by atoms with van der Waals surface area (Å²) in [6.45, 7) is 0.116. The lowest BCUT2D eigenvalue weighted by molar-refractivity contribution is -0.124. The molecule has 0 bridgehead atoms. The molecule has 1 aliphatic rings. The first kappa shape index (κ1) is 13.9. The third kappa shape index (κ3) is 3.50. The van der Waals surface area contributed by atoms with E-state index in [1.54, 1.807) is 0 Å². The zero-order chi connectivity index (χ0) is 13.8. The van der Waals surface area contributed by atoms with Gasteiger partial charge in [0, 0.05) is 6.54 Å². The smallest absolute Gasteiger partial charge is 0.237 e. The van der Waals surface area contributed by atoms with Crippen LogP contribution in [0.2, 0.25) is 0 Å². The largest absolute Gasteiger partial charge is 0.394 e. The van der Waals surface area contributed by atoms with Gasteiger partial charge in [-0.3, -0.25) is 4.79 Å². The minimum Gasteiger partial charge on any atom is -0.394 e. The van der Waals surface area contributed by atoms with Crippen LogP contribution in [0.3, 0.4) is 0 Å². The summed E-state index contributed by atoms with van der Waals surface area (Å²) in [6.07, 6.45) is -0.165. The minimum atomic E-state index is -0.576. The second kappa shape index (κ2) is 6.10. The van der Waals surface area contributed by atoms with Gasteiger partial charge in [-0.15, -0.1) is 0 Å². The molecule has 0 aromatic heterocycles. The Morgan fingerprint density at radius 3 is 2.68 bits per heavy atom. The number of carbonyl (C=O) groups is 1. The molecule has 4 N–H and O–H groups in total. The lowest BCUT2D eigenvalue weighted by atomic mass is 10.1. The maximum absolute atomic E-state index is 12.8. The molecule has 1 aromatic carbocycles. The fraction of sp³-hybridized carbons (Fsp3) is 0.462. The van der Waals surface area contributed by atoms with Gasteiger partial charge >= 0.3 is 0 Å². The van der Waals surface area contributed by atoms with E-state index in [4.69, 9.17) is 0 Å². The molecule has 1 saturated heterocycles. The van der Waals surface area contributed by atoms with Gasteiger partial charge in [-0.05, 0) is 24.1 Å². The Kier molecular flexibility index (Phi) is 4.47. The van der Waals surface area contributed by atoms with Crippen LogP contribution in [-0.2, 0) is 4.79 Å². The second-order valence-corrected chi connectivity index (χ2v) is 4.65. The van der Waals surface area contributed by atoms with E-state index in [-0.39, 0.29) is 18.3 Å². The van der Waals surface area contributed by atoms with E-state index >= 15 is 0 Å². The maximum atomic E-state index is 12.8. The SMILES string of the molecule is O=C(N[C@@H](CO)c1ccc(F)cc1)[C@@H]1C[C@@H](O)CN1. The van der Waals surface area contributed by atoms with Crippen molar-refractivity contribution in [1.82, 2.24) is 10.6 Å². The Bertz CT molecular complexity index is 438. The van der Waals surface area contributed by atoms with E-state index < -0.39 is 18.2 Å². The summed E-state index contributed by atoms with van der Waals surface area (Å²) in [5.74, 6) is -0.646.